The number of carbonyl (C=O) groups excluding carboxylic acids is 2. The summed E-state index contributed by atoms with van der Waals surface area (Å²) in [6.07, 6.45) is 4.88. The van der Waals surface area contributed by atoms with Gasteiger partial charge in [-0.15, -0.1) is 0 Å². The lowest BCUT2D eigenvalue weighted by atomic mass is 9.59. The number of nitrogens with one attached hydrogen (secondary N) is 2. The Hall–Kier alpha value is -2.77. The number of benzene rings is 1. The number of aromatic amines is 1. The number of halogens is 2. The van der Waals surface area contributed by atoms with Crippen molar-refractivity contribution < 1.29 is 14.3 Å². The number of amides is 1. The predicted molar refractivity (Wildman–Crippen MR) is 189 cm³/mol. The molecule has 1 fully saturated rings. The zero-order valence-electron chi connectivity index (χ0n) is 28.9. The number of rotatable bonds is 9. The minimum atomic E-state index is -0.564. The minimum absolute atomic E-state index is 0.0785. The Kier molecular flexibility index (Phi) is 11.1. The number of anilines is 1. The first-order chi connectivity index (χ1) is 21.5. The van der Waals surface area contributed by atoms with Crippen LogP contribution in [-0.4, -0.2) is 27.4 Å². The molecule has 0 aliphatic heterocycles. The first kappa shape index (κ1) is 36.1. The second kappa shape index (κ2) is 14.1. The summed E-state index contributed by atoms with van der Waals surface area (Å²) < 4.78 is 7.90. The van der Waals surface area contributed by atoms with Crippen LogP contribution in [0, 0.1) is 34.5 Å². The number of hydrogen-bond acceptors (Lipinski definition) is 4. The lowest BCUT2D eigenvalue weighted by Gasteiger charge is -2.50. The van der Waals surface area contributed by atoms with Crippen LogP contribution in [0.2, 0.25) is 10.2 Å². The fourth-order valence-electron chi connectivity index (χ4n) is 7.12. The van der Waals surface area contributed by atoms with Crippen LogP contribution in [0.15, 0.2) is 35.1 Å². The highest BCUT2D eigenvalue weighted by molar-refractivity contribution is 6.34. The van der Waals surface area contributed by atoms with Gasteiger partial charge in [0.2, 0.25) is 5.91 Å². The zero-order chi connectivity index (χ0) is 34.1. The number of hydrogen-bond donors (Lipinski definition) is 2. The zero-order valence-corrected chi connectivity index (χ0v) is 30.4. The van der Waals surface area contributed by atoms with Crippen LogP contribution < -0.4 is 10.9 Å². The van der Waals surface area contributed by atoms with Gasteiger partial charge in [0.15, 0.2) is 0 Å². The normalized spacial score (nSPS) is 21.3. The first-order valence-electron chi connectivity index (χ1n) is 16.7. The molecule has 9 heteroatoms. The summed E-state index contributed by atoms with van der Waals surface area (Å²) in [7, 11) is 0. The van der Waals surface area contributed by atoms with Crippen molar-refractivity contribution in [3.05, 3.63) is 56.4 Å². The fourth-order valence-corrected chi connectivity index (χ4v) is 7.62. The molecule has 1 aliphatic carbocycles. The molecule has 2 aromatic heterocycles. The first-order valence-corrected chi connectivity index (χ1v) is 17.5. The SMILES string of the molecule is CCCCC(CC)C(=O)Nc1cc(=O)n2c(Cl)c(-c3ccc(Cl)cc3)c(C(=O)OC3C(C(C)(C)C)CC(C)CC3C(C)(C)C)c2[nH]1. The van der Waals surface area contributed by atoms with Gasteiger partial charge in [0.05, 0.1) is 0 Å². The molecule has 3 aromatic rings. The molecule has 2 heterocycles. The summed E-state index contributed by atoms with van der Waals surface area (Å²) in [6, 6.07) is 8.27. The topological polar surface area (TPSA) is 92.7 Å². The molecule has 1 saturated carbocycles. The smallest absolute Gasteiger partial charge is 0.342 e. The Morgan fingerprint density at radius 1 is 1.02 bits per heavy atom. The minimum Gasteiger partial charge on any atom is -0.458 e. The van der Waals surface area contributed by atoms with E-state index in [-0.39, 0.29) is 62.8 Å². The number of unbranched alkanes of at least 4 members (excludes halogenated alkanes) is 1. The third-order valence-corrected chi connectivity index (χ3v) is 10.4. The Labute approximate surface area is 283 Å². The monoisotopic (exact) mass is 671 g/mol. The molecule has 3 atom stereocenters. The molecule has 1 aliphatic rings. The maximum absolute atomic E-state index is 14.6. The van der Waals surface area contributed by atoms with Gasteiger partial charge in [0.25, 0.3) is 5.56 Å². The molecule has 0 saturated heterocycles. The van der Waals surface area contributed by atoms with E-state index >= 15 is 0 Å². The Morgan fingerprint density at radius 3 is 2.13 bits per heavy atom. The predicted octanol–water partition coefficient (Wildman–Crippen LogP) is 10.0. The Bertz CT molecular complexity index is 1590. The average molecular weight is 673 g/mol. The van der Waals surface area contributed by atoms with Gasteiger partial charge in [-0.2, -0.15) is 0 Å². The van der Waals surface area contributed by atoms with E-state index in [9.17, 15) is 14.4 Å². The van der Waals surface area contributed by atoms with Gasteiger partial charge in [0.1, 0.15) is 28.3 Å². The van der Waals surface area contributed by atoms with E-state index in [0.717, 1.165) is 32.1 Å². The Balaban J connectivity index is 1.89. The third kappa shape index (κ3) is 7.68. The number of H-pyrrole nitrogens is 1. The number of aromatic nitrogens is 2. The molecular formula is C37H51Cl2N3O4. The van der Waals surface area contributed by atoms with Crippen molar-refractivity contribution in [2.75, 3.05) is 5.32 Å². The standard InChI is InChI=1S/C37H51Cl2N3O4/c1-10-12-13-22(11-2)34(44)41-27-20-28(43)42-32(39)29(23-14-16-24(38)17-15-23)30(33(42)40-27)35(45)46-31-25(36(4,5)6)18-21(3)19-26(31)37(7,8)9/h14-17,20-22,25-26,31,40H,10-13,18-19H2,1-9H3,(H,41,44). The van der Waals surface area contributed by atoms with E-state index in [4.69, 9.17) is 27.9 Å². The van der Waals surface area contributed by atoms with Crippen molar-refractivity contribution in [2.45, 2.75) is 107 Å². The molecule has 7 nitrogen and oxygen atoms in total. The summed E-state index contributed by atoms with van der Waals surface area (Å²) in [5, 5.41) is 3.50. The highest BCUT2D eigenvalue weighted by Crippen LogP contribution is 2.50. The van der Waals surface area contributed by atoms with Crippen LogP contribution in [0.4, 0.5) is 5.82 Å². The van der Waals surface area contributed by atoms with Gasteiger partial charge in [-0.05, 0) is 60.1 Å². The van der Waals surface area contributed by atoms with Crippen LogP contribution in [-0.2, 0) is 9.53 Å². The summed E-state index contributed by atoms with van der Waals surface area (Å²) in [4.78, 5) is 44.6. The Morgan fingerprint density at radius 2 is 1.61 bits per heavy atom. The van der Waals surface area contributed by atoms with Crippen LogP contribution in [0.1, 0.15) is 111 Å². The maximum Gasteiger partial charge on any atom is 0.342 e. The summed E-state index contributed by atoms with van der Waals surface area (Å²) in [6.45, 7) is 19.6. The summed E-state index contributed by atoms with van der Waals surface area (Å²) >= 11 is 13.2. The van der Waals surface area contributed by atoms with Crippen molar-refractivity contribution in [2.24, 2.45) is 34.5 Å². The van der Waals surface area contributed by atoms with Crippen molar-refractivity contribution in [1.82, 2.24) is 9.38 Å². The van der Waals surface area contributed by atoms with E-state index in [1.54, 1.807) is 24.3 Å². The molecule has 0 spiro atoms. The van der Waals surface area contributed by atoms with Crippen LogP contribution in [0.5, 0.6) is 0 Å². The van der Waals surface area contributed by atoms with Crippen molar-refractivity contribution >= 4 is 46.5 Å². The molecule has 46 heavy (non-hydrogen) atoms. The van der Waals surface area contributed by atoms with E-state index in [0.29, 0.717) is 28.5 Å². The lowest BCUT2D eigenvalue weighted by molar-refractivity contribution is -0.120. The second-order valence-corrected chi connectivity index (χ2v) is 16.2. The number of nitrogens with zero attached hydrogens (tertiary/aromatic N) is 1. The van der Waals surface area contributed by atoms with E-state index in [1.165, 1.54) is 10.5 Å². The van der Waals surface area contributed by atoms with Crippen LogP contribution >= 0.6 is 23.2 Å². The second-order valence-electron chi connectivity index (χ2n) is 15.4. The van der Waals surface area contributed by atoms with Gasteiger partial charge in [0, 0.05) is 34.4 Å². The molecule has 1 amide bonds. The molecule has 3 unspecified atom stereocenters. The van der Waals surface area contributed by atoms with Gasteiger partial charge in [-0.3, -0.25) is 14.0 Å². The van der Waals surface area contributed by atoms with Crippen LogP contribution in [0.3, 0.4) is 0 Å². The van der Waals surface area contributed by atoms with Gasteiger partial charge < -0.3 is 15.0 Å². The van der Waals surface area contributed by atoms with Crippen LogP contribution in [0.25, 0.3) is 16.8 Å². The maximum atomic E-state index is 14.6. The largest absolute Gasteiger partial charge is 0.458 e. The third-order valence-electron chi connectivity index (χ3n) is 9.79. The quantitative estimate of drug-likeness (QED) is 0.221. The van der Waals surface area contributed by atoms with E-state index in [1.807, 2.05) is 6.92 Å². The van der Waals surface area contributed by atoms with Crippen molar-refractivity contribution in [3.8, 4) is 11.1 Å². The summed E-state index contributed by atoms with van der Waals surface area (Å²) in [5.74, 6) is 0.00596. The molecule has 2 N–H and O–H groups in total. The molecule has 1 aromatic carbocycles. The number of fused-ring (bicyclic) bond motifs is 1. The number of esters is 1. The van der Waals surface area contributed by atoms with Gasteiger partial charge in [-0.25, -0.2) is 4.79 Å². The molecule has 0 bridgehead atoms. The number of carbonyl (C=O) groups is 2. The highest BCUT2D eigenvalue weighted by atomic mass is 35.5. The van der Waals surface area contributed by atoms with Gasteiger partial charge >= 0.3 is 5.97 Å². The highest BCUT2D eigenvalue weighted by Gasteiger charge is 2.48. The fraction of sp³-hybridized carbons (Fsp3) is 0.595. The lowest BCUT2D eigenvalue weighted by Crippen LogP contribution is -2.49. The summed E-state index contributed by atoms with van der Waals surface area (Å²) in [5.41, 5.74) is 0.621. The van der Waals surface area contributed by atoms with E-state index < -0.39 is 11.5 Å². The molecule has 4 rings (SSSR count). The molecule has 0 radical (unpaired) electrons. The van der Waals surface area contributed by atoms with E-state index in [2.05, 4.69) is 65.7 Å². The van der Waals surface area contributed by atoms with Crippen molar-refractivity contribution in [3.63, 3.8) is 0 Å². The van der Waals surface area contributed by atoms with Crippen molar-refractivity contribution in [1.29, 1.82) is 0 Å². The van der Waals surface area contributed by atoms with Gasteiger partial charge in [-0.1, -0.05) is 110 Å². The molecule has 252 valence electrons. The molecular weight excluding hydrogens is 621 g/mol. The average Bonchev–Trinajstić information content (AvgIpc) is 3.25. The number of ether oxygens (including phenoxy) is 1.